The van der Waals surface area contributed by atoms with E-state index in [1.807, 2.05) is 13.0 Å². The predicted molar refractivity (Wildman–Crippen MR) is 137 cm³/mol. The highest BCUT2D eigenvalue weighted by atomic mass is 32.1. The zero-order valence-corrected chi connectivity index (χ0v) is 20.3. The zero-order chi connectivity index (χ0) is 24.8. The number of hydrogen-bond acceptors (Lipinski definition) is 9. The minimum Gasteiger partial charge on any atom is -0.493 e. The third kappa shape index (κ3) is 5.04. The normalized spacial score (nSPS) is 18.9. The third-order valence-corrected chi connectivity index (χ3v) is 7.24. The van der Waals surface area contributed by atoms with Gasteiger partial charge < -0.3 is 19.7 Å². The first-order chi connectivity index (χ1) is 17.4. The van der Waals surface area contributed by atoms with E-state index in [0.717, 1.165) is 17.7 Å². The Morgan fingerprint density at radius 3 is 2.89 bits per heavy atom. The Kier molecular flexibility index (Phi) is 6.65. The summed E-state index contributed by atoms with van der Waals surface area (Å²) in [6.07, 6.45) is 5.48. The predicted octanol–water partition coefficient (Wildman–Crippen LogP) is 0.930. The number of nitrogens with one attached hydrogen (secondary N) is 2. The van der Waals surface area contributed by atoms with Gasteiger partial charge in [-0.1, -0.05) is 7.43 Å². The lowest BCUT2D eigenvalue weighted by Crippen LogP contribution is -2.44. The second kappa shape index (κ2) is 9.90. The first kappa shape index (κ1) is 24.8. The molecule has 12 nitrogen and oxygen atoms in total. The van der Waals surface area contributed by atoms with Crippen molar-refractivity contribution < 1.29 is 14.6 Å². The summed E-state index contributed by atoms with van der Waals surface area (Å²) in [4.78, 5) is 46.6. The van der Waals surface area contributed by atoms with Crippen LogP contribution in [0.15, 0.2) is 28.1 Å². The molecule has 4 aromatic heterocycles. The fourth-order valence-corrected chi connectivity index (χ4v) is 4.99. The van der Waals surface area contributed by atoms with Crippen molar-refractivity contribution >= 4 is 29.0 Å². The molecular formula is C24H28N8O4S. The van der Waals surface area contributed by atoms with E-state index >= 15 is 0 Å². The first-order valence-corrected chi connectivity index (χ1v) is 12.6. The highest BCUT2D eigenvalue weighted by Crippen LogP contribution is 2.29. The zero-order valence-electron chi connectivity index (χ0n) is 19.5. The van der Waals surface area contributed by atoms with Gasteiger partial charge in [0.1, 0.15) is 5.69 Å². The highest BCUT2D eigenvalue weighted by molar-refractivity contribution is 7.17. The van der Waals surface area contributed by atoms with Gasteiger partial charge in [0.15, 0.2) is 11.5 Å². The van der Waals surface area contributed by atoms with E-state index in [0.29, 0.717) is 59.3 Å². The molecule has 37 heavy (non-hydrogen) atoms. The van der Waals surface area contributed by atoms with Crippen LogP contribution in [0.1, 0.15) is 42.6 Å². The van der Waals surface area contributed by atoms with Crippen LogP contribution in [0.5, 0.6) is 5.88 Å². The molecule has 1 aliphatic carbocycles. The average molecular weight is 525 g/mol. The Morgan fingerprint density at radius 2 is 2.16 bits per heavy atom. The molecule has 1 saturated heterocycles. The molecule has 1 unspecified atom stereocenters. The Bertz CT molecular complexity index is 1630. The van der Waals surface area contributed by atoms with Crippen LogP contribution in [0.25, 0.3) is 22.4 Å². The number of thiophene rings is 1. The number of ether oxygens (including phenoxy) is 1. The number of imidazole rings is 1. The SMILES string of the molecule is C.CC1CN(C(=O)c2ccc(-c3nc(=NCC4CC4)n4ncc(=Cc5[nH]c(=O)[nH]c5O)c4n3)s2)CCO1. The van der Waals surface area contributed by atoms with Gasteiger partial charge in [0.25, 0.3) is 5.91 Å². The molecule has 5 heterocycles. The number of rotatable bonds is 5. The van der Waals surface area contributed by atoms with Gasteiger partial charge in [0.2, 0.25) is 11.5 Å². The molecule has 0 radical (unpaired) electrons. The monoisotopic (exact) mass is 524 g/mol. The maximum atomic E-state index is 13.1. The van der Waals surface area contributed by atoms with Crippen molar-refractivity contribution in [3.05, 3.63) is 50.2 Å². The smallest absolute Gasteiger partial charge is 0.326 e. The Hall–Kier alpha value is -3.84. The van der Waals surface area contributed by atoms with E-state index in [1.165, 1.54) is 11.3 Å². The molecule has 3 N–H and O–H groups in total. The number of aromatic hydroxyl groups is 1. The standard InChI is InChI=1S/C23H24N8O4S.CH4/c1-12-11-30(6-7-35-12)21(33)17-5-4-16(36-17)18-27-19-14(8-15-20(32)29-23(34)26-15)10-25-31(19)22(28-18)24-9-13-2-3-13;/h4-5,8,10,12-13,32H,2-3,6-7,9,11H2,1H3,(H2,26,29,34);1H4. The summed E-state index contributed by atoms with van der Waals surface area (Å²) in [5.41, 5.74) is 0.585. The van der Waals surface area contributed by atoms with Gasteiger partial charge in [-0.25, -0.2) is 14.8 Å². The number of nitrogens with zero attached hydrogens (tertiary/aromatic N) is 6. The molecule has 6 rings (SSSR count). The fourth-order valence-electron chi connectivity index (χ4n) is 4.09. The summed E-state index contributed by atoms with van der Waals surface area (Å²) in [5.74, 6) is 0.680. The second-order valence-corrected chi connectivity index (χ2v) is 10.1. The molecule has 1 saturated carbocycles. The molecule has 194 valence electrons. The number of amides is 1. The van der Waals surface area contributed by atoms with Crippen LogP contribution in [0.4, 0.5) is 0 Å². The molecule has 13 heteroatoms. The van der Waals surface area contributed by atoms with Gasteiger partial charge in [0, 0.05) is 24.9 Å². The minimum absolute atomic E-state index is 0. The van der Waals surface area contributed by atoms with Crippen molar-refractivity contribution in [1.82, 2.24) is 34.4 Å². The highest BCUT2D eigenvalue weighted by Gasteiger charge is 2.24. The lowest BCUT2D eigenvalue weighted by Gasteiger charge is -2.30. The van der Waals surface area contributed by atoms with Crippen LogP contribution in [0.3, 0.4) is 0 Å². The van der Waals surface area contributed by atoms with Crippen molar-refractivity contribution in [2.75, 3.05) is 26.2 Å². The number of hydrogen-bond donors (Lipinski definition) is 3. The topological polar surface area (TPSA) is 154 Å². The Labute approximate surface area is 215 Å². The fraction of sp³-hybridized carbons (Fsp3) is 0.417. The van der Waals surface area contributed by atoms with Crippen molar-refractivity contribution in [2.24, 2.45) is 10.9 Å². The van der Waals surface area contributed by atoms with E-state index in [1.54, 1.807) is 27.8 Å². The summed E-state index contributed by atoms with van der Waals surface area (Å²) in [5, 5.41) is 15.0. The number of carbonyl (C=O) groups excluding carboxylic acids is 1. The number of morpholine rings is 1. The van der Waals surface area contributed by atoms with Crippen molar-refractivity contribution in [2.45, 2.75) is 33.3 Å². The second-order valence-electron chi connectivity index (χ2n) is 9.05. The summed E-state index contributed by atoms with van der Waals surface area (Å²) in [7, 11) is 0. The molecule has 0 spiro atoms. The number of H-pyrrole nitrogens is 2. The maximum Gasteiger partial charge on any atom is 0.326 e. The van der Waals surface area contributed by atoms with Crippen LogP contribution in [-0.4, -0.2) is 77.8 Å². The van der Waals surface area contributed by atoms with Crippen LogP contribution >= 0.6 is 11.3 Å². The van der Waals surface area contributed by atoms with E-state index in [4.69, 9.17) is 9.72 Å². The Morgan fingerprint density at radius 1 is 1.32 bits per heavy atom. The van der Waals surface area contributed by atoms with Crippen molar-refractivity contribution in [1.29, 1.82) is 0 Å². The molecule has 1 atom stereocenters. The van der Waals surface area contributed by atoms with Gasteiger partial charge in [-0.05, 0) is 43.9 Å². The molecular weight excluding hydrogens is 496 g/mol. The quantitative estimate of drug-likeness (QED) is 0.351. The number of carbonyl (C=O) groups is 1. The summed E-state index contributed by atoms with van der Waals surface area (Å²) in [6.45, 7) is 4.25. The summed E-state index contributed by atoms with van der Waals surface area (Å²) in [6, 6.07) is 3.64. The molecule has 1 amide bonds. The van der Waals surface area contributed by atoms with Gasteiger partial charge >= 0.3 is 5.69 Å². The van der Waals surface area contributed by atoms with Gasteiger partial charge in [-0.15, -0.1) is 11.3 Å². The number of aromatic amines is 2. The average Bonchev–Trinajstić information content (AvgIpc) is 3.25. The lowest BCUT2D eigenvalue weighted by molar-refractivity contribution is -0.0122. The number of fused-ring (bicyclic) bond motifs is 1. The number of aromatic nitrogens is 6. The molecule has 2 aliphatic rings. The molecule has 0 bridgehead atoms. The largest absolute Gasteiger partial charge is 0.493 e. The van der Waals surface area contributed by atoms with E-state index in [9.17, 15) is 14.7 Å². The van der Waals surface area contributed by atoms with Crippen molar-refractivity contribution in [3.63, 3.8) is 0 Å². The van der Waals surface area contributed by atoms with Crippen LogP contribution in [-0.2, 0) is 4.74 Å². The molecule has 1 aliphatic heterocycles. The Balaban J connectivity index is 0.00000280. The van der Waals surface area contributed by atoms with Crippen LogP contribution in [0.2, 0.25) is 0 Å². The van der Waals surface area contributed by atoms with Crippen molar-refractivity contribution in [3.8, 4) is 16.6 Å². The summed E-state index contributed by atoms with van der Waals surface area (Å²) >= 11 is 1.33. The summed E-state index contributed by atoms with van der Waals surface area (Å²) < 4.78 is 7.10. The minimum atomic E-state index is -0.517. The lowest BCUT2D eigenvalue weighted by atomic mass is 10.3. The third-order valence-electron chi connectivity index (χ3n) is 6.17. The molecule has 2 fully saturated rings. The van der Waals surface area contributed by atoms with Crippen LogP contribution < -0.4 is 16.5 Å². The van der Waals surface area contributed by atoms with Gasteiger partial charge in [0.05, 0.1) is 28.7 Å². The molecule has 0 aromatic carbocycles. The van der Waals surface area contributed by atoms with E-state index in [-0.39, 0.29) is 31.0 Å². The van der Waals surface area contributed by atoms with E-state index in [2.05, 4.69) is 25.0 Å². The molecule has 4 aromatic rings. The first-order valence-electron chi connectivity index (χ1n) is 11.7. The van der Waals surface area contributed by atoms with Gasteiger partial charge in [-0.2, -0.15) is 14.6 Å². The van der Waals surface area contributed by atoms with E-state index < -0.39 is 5.69 Å². The van der Waals surface area contributed by atoms with Gasteiger partial charge in [-0.3, -0.25) is 9.78 Å². The maximum absolute atomic E-state index is 13.1. The van der Waals surface area contributed by atoms with Crippen LogP contribution in [0, 0.1) is 5.92 Å².